The fourth-order valence-corrected chi connectivity index (χ4v) is 1.19. The number of allylic oxidation sites excluding steroid dienone is 4. The van der Waals surface area contributed by atoms with E-state index < -0.39 is 0 Å². The first kappa shape index (κ1) is 9.21. The third kappa shape index (κ3) is 6.09. The zero-order chi connectivity index (χ0) is 7.28. The molecule has 1 heteroatoms. The van der Waals surface area contributed by atoms with Gasteiger partial charge in [-0.3, -0.25) is 0 Å². The first-order chi connectivity index (χ1) is 4.16. The molecule has 0 aromatic carbocycles. The topological polar surface area (TPSA) is 0 Å². The summed E-state index contributed by atoms with van der Waals surface area (Å²) in [6.07, 6.45) is 5.54. The van der Waals surface area contributed by atoms with Gasteiger partial charge >= 0.3 is 0 Å². The highest BCUT2D eigenvalue weighted by molar-refractivity contribution is 14.1. The van der Waals surface area contributed by atoms with Gasteiger partial charge in [0, 0.05) is 0 Å². The summed E-state index contributed by atoms with van der Waals surface area (Å²) >= 11 is 2.32. The molecule has 0 aliphatic carbocycles. The van der Waals surface area contributed by atoms with Crippen molar-refractivity contribution in [2.45, 2.75) is 27.2 Å². The second-order valence-electron chi connectivity index (χ2n) is 2.09. The molecule has 0 saturated carbocycles. The molecule has 0 aromatic rings. The van der Waals surface area contributed by atoms with Crippen LogP contribution in [-0.2, 0) is 0 Å². The van der Waals surface area contributed by atoms with Crippen LogP contribution in [-0.4, -0.2) is 0 Å². The summed E-state index contributed by atoms with van der Waals surface area (Å²) in [6.45, 7) is 6.39. The van der Waals surface area contributed by atoms with Crippen LogP contribution in [0.5, 0.6) is 0 Å². The highest BCUT2D eigenvalue weighted by Gasteiger charge is 1.80. The van der Waals surface area contributed by atoms with Crippen molar-refractivity contribution in [2.75, 3.05) is 0 Å². The van der Waals surface area contributed by atoms with Crippen LogP contribution in [0, 0.1) is 0 Å². The van der Waals surface area contributed by atoms with E-state index in [0.29, 0.717) is 0 Å². The Labute approximate surface area is 71.2 Å². The van der Waals surface area contributed by atoms with Crippen molar-refractivity contribution in [3.05, 3.63) is 21.3 Å². The summed E-state index contributed by atoms with van der Waals surface area (Å²) in [5.74, 6) is 0. The van der Waals surface area contributed by atoms with E-state index >= 15 is 0 Å². The summed E-state index contributed by atoms with van der Waals surface area (Å²) in [5, 5.41) is 0. The molecule has 0 unspecified atom stereocenters. The zero-order valence-corrected chi connectivity index (χ0v) is 8.40. The Morgan fingerprint density at radius 3 is 2.33 bits per heavy atom. The highest BCUT2D eigenvalue weighted by Crippen LogP contribution is 2.08. The SMILES string of the molecule is CC/C=C(C)/C=C(\C)I. The molecule has 0 heterocycles. The summed E-state index contributed by atoms with van der Waals surface area (Å²) < 4.78 is 1.34. The third-order valence-electron chi connectivity index (χ3n) is 0.953. The smallest absolute Gasteiger partial charge is 0.0123 e. The largest absolute Gasteiger partial charge is 0.0818 e. The van der Waals surface area contributed by atoms with E-state index in [1.807, 2.05) is 0 Å². The molecule has 0 fully saturated rings. The second-order valence-corrected chi connectivity index (χ2v) is 3.79. The minimum Gasteiger partial charge on any atom is -0.0818 e. The van der Waals surface area contributed by atoms with Crippen LogP contribution in [0.4, 0.5) is 0 Å². The second kappa shape index (κ2) is 5.03. The maximum atomic E-state index is 2.32. The minimum atomic E-state index is 1.13. The van der Waals surface area contributed by atoms with Crippen LogP contribution < -0.4 is 0 Å². The summed E-state index contributed by atoms with van der Waals surface area (Å²) in [5.41, 5.74) is 1.37. The molecule has 0 rings (SSSR count). The molecule has 0 spiro atoms. The maximum absolute atomic E-state index is 2.32. The van der Waals surface area contributed by atoms with Crippen molar-refractivity contribution in [1.82, 2.24) is 0 Å². The molecule has 0 aliphatic heterocycles. The molecule has 0 bridgehead atoms. The molecule has 52 valence electrons. The Balaban J connectivity index is 3.90. The van der Waals surface area contributed by atoms with Crippen molar-refractivity contribution in [1.29, 1.82) is 0 Å². The molecule has 0 radical (unpaired) electrons. The Kier molecular flexibility index (Phi) is 5.15. The monoisotopic (exact) mass is 236 g/mol. The Bertz CT molecular complexity index is 128. The average Bonchev–Trinajstić information content (AvgIpc) is 1.63. The van der Waals surface area contributed by atoms with Gasteiger partial charge in [0.25, 0.3) is 0 Å². The quantitative estimate of drug-likeness (QED) is 0.506. The first-order valence-corrected chi connectivity index (χ1v) is 4.25. The van der Waals surface area contributed by atoms with Gasteiger partial charge in [-0.15, -0.1) is 0 Å². The molecule has 0 aliphatic rings. The number of hydrogen-bond acceptors (Lipinski definition) is 0. The van der Waals surface area contributed by atoms with Crippen LogP contribution in [0.25, 0.3) is 0 Å². The van der Waals surface area contributed by atoms with Crippen LogP contribution in [0.15, 0.2) is 21.3 Å². The van der Waals surface area contributed by atoms with E-state index in [-0.39, 0.29) is 0 Å². The van der Waals surface area contributed by atoms with Gasteiger partial charge in [-0.05, 0) is 46.4 Å². The van der Waals surface area contributed by atoms with E-state index in [2.05, 4.69) is 55.5 Å². The van der Waals surface area contributed by atoms with Gasteiger partial charge < -0.3 is 0 Å². The molecule has 0 saturated heterocycles. The van der Waals surface area contributed by atoms with Gasteiger partial charge in [-0.25, -0.2) is 0 Å². The van der Waals surface area contributed by atoms with Crippen molar-refractivity contribution in [3.8, 4) is 0 Å². The predicted octanol–water partition coefficient (Wildman–Crippen LogP) is 3.68. The lowest BCUT2D eigenvalue weighted by Gasteiger charge is -1.89. The van der Waals surface area contributed by atoms with Crippen LogP contribution in [0.3, 0.4) is 0 Å². The van der Waals surface area contributed by atoms with Crippen molar-refractivity contribution in [2.24, 2.45) is 0 Å². The fourth-order valence-electron chi connectivity index (χ4n) is 0.695. The van der Waals surface area contributed by atoms with E-state index in [4.69, 9.17) is 0 Å². The zero-order valence-electron chi connectivity index (χ0n) is 6.24. The molecule has 0 nitrogen and oxygen atoms in total. The van der Waals surface area contributed by atoms with Gasteiger partial charge in [0.05, 0.1) is 0 Å². The van der Waals surface area contributed by atoms with Crippen LogP contribution in [0.2, 0.25) is 0 Å². The van der Waals surface area contributed by atoms with Gasteiger partial charge in [0.1, 0.15) is 0 Å². The molecular weight excluding hydrogens is 223 g/mol. The minimum absolute atomic E-state index is 1.13. The van der Waals surface area contributed by atoms with E-state index in [1.54, 1.807) is 0 Å². The fraction of sp³-hybridized carbons (Fsp3) is 0.500. The molecule has 9 heavy (non-hydrogen) atoms. The van der Waals surface area contributed by atoms with Gasteiger partial charge in [0.2, 0.25) is 0 Å². The van der Waals surface area contributed by atoms with Gasteiger partial charge in [0.15, 0.2) is 0 Å². The molecule has 0 aromatic heterocycles. The molecule has 0 atom stereocenters. The Morgan fingerprint density at radius 2 is 2.00 bits per heavy atom. The Hall–Kier alpha value is 0.210. The normalized spacial score (nSPS) is 14.2. The van der Waals surface area contributed by atoms with Crippen molar-refractivity contribution >= 4 is 22.6 Å². The number of rotatable bonds is 2. The summed E-state index contributed by atoms with van der Waals surface area (Å²) in [7, 11) is 0. The van der Waals surface area contributed by atoms with E-state index in [1.165, 1.54) is 9.15 Å². The molecule has 0 amide bonds. The Morgan fingerprint density at radius 1 is 1.44 bits per heavy atom. The molecule has 0 N–H and O–H groups in total. The first-order valence-electron chi connectivity index (χ1n) is 3.17. The van der Waals surface area contributed by atoms with Crippen molar-refractivity contribution in [3.63, 3.8) is 0 Å². The highest BCUT2D eigenvalue weighted by atomic mass is 127. The maximum Gasteiger partial charge on any atom is -0.0123 e. The average molecular weight is 236 g/mol. The lowest BCUT2D eigenvalue weighted by atomic mass is 10.2. The summed E-state index contributed by atoms with van der Waals surface area (Å²) in [4.78, 5) is 0. The predicted molar refractivity (Wildman–Crippen MR) is 51.8 cm³/mol. The lowest BCUT2D eigenvalue weighted by molar-refractivity contribution is 1.20. The molecular formula is C8H13I. The third-order valence-corrected chi connectivity index (χ3v) is 1.26. The lowest BCUT2D eigenvalue weighted by Crippen LogP contribution is -1.67. The van der Waals surface area contributed by atoms with Gasteiger partial charge in [-0.2, -0.15) is 0 Å². The van der Waals surface area contributed by atoms with Gasteiger partial charge in [-0.1, -0.05) is 24.6 Å². The number of halogens is 1. The summed E-state index contributed by atoms with van der Waals surface area (Å²) in [6, 6.07) is 0. The van der Waals surface area contributed by atoms with Crippen molar-refractivity contribution < 1.29 is 0 Å². The van der Waals surface area contributed by atoms with Crippen LogP contribution in [0.1, 0.15) is 27.2 Å². The number of hydrogen-bond donors (Lipinski definition) is 0. The standard InChI is InChI=1S/C8H13I/c1-4-5-7(2)6-8(3)9/h5-6H,4H2,1-3H3/b7-5+,8-6+. The van der Waals surface area contributed by atoms with Crippen LogP contribution >= 0.6 is 22.6 Å². The van der Waals surface area contributed by atoms with E-state index in [9.17, 15) is 0 Å². The van der Waals surface area contributed by atoms with E-state index in [0.717, 1.165) is 6.42 Å².